The highest BCUT2D eigenvalue weighted by atomic mass is 16.5. The van der Waals surface area contributed by atoms with Gasteiger partial charge in [0.15, 0.2) is 0 Å². The number of carboxylic acid groups (broad SMARTS) is 1. The molecule has 0 aromatic carbocycles. The molecule has 0 saturated carbocycles. The molecule has 0 radical (unpaired) electrons. The fourth-order valence-corrected chi connectivity index (χ4v) is 3.19. The van der Waals surface area contributed by atoms with E-state index < -0.39 is 11.9 Å². The first kappa shape index (κ1) is 11.8. The minimum absolute atomic E-state index is 0.111. The molecule has 0 aromatic rings. The quantitative estimate of drug-likeness (QED) is 0.748. The fraction of sp³-hybridized carbons (Fsp3) is 0.833. The number of ether oxygens (including phenoxy) is 1. The van der Waals surface area contributed by atoms with Crippen LogP contribution in [0.2, 0.25) is 0 Å². The van der Waals surface area contributed by atoms with Crippen molar-refractivity contribution in [2.75, 3.05) is 13.1 Å². The highest BCUT2D eigenvalue weighted by Crippen LogP contribution is 2.34. The summed E-state index contributed by atoms with van der Waals surface area (Å²) in [6, 6.07) is -0.0278. The minimum atomic E-state index is -0.812. The molecule has 0 spiro atoms. The van der Waals surface area contributed by atoms with E-state index >= 15 is 0 Å². The first-order valence-electron chi connectivity index (χ1n) is 6.57. The maximum absolute atomic E-state index is 12.0. The largest absolute Gasteiger partial charge is 0.481 e. The molecule has 2 amide bonds. The molecule has 0 aromatic heterocycles. The summed E-state index contributed by atoms with van der Waals surface area (Å²) in [5.74, 6) is -1.22. The number of urea groups is 1. The summed E-state index contributed by atoms with van der Waals surface area (Å²) in [5, 5.41) is 11.9. The van der Waals surface area contributed by atoms with Crippen molar-refractivity contribution in [1.29, 1.82) is 0 Å². The van der Waals surface area contributed by atoms with Gasteiger partial charge in [-0.1, -0.05) is 0 Å². The SMILES string of the molecule is O=C(O)C1CCN(C(=O)NC2CC3CCC2O3)C1. The number of carboxylic acids is 1. The van der Waals surface area contributed by atoms with Crippen LogP contribution in [-0.4, -0.2) is 53.3 Å². The van der Waals surface area contributed by atoms with E-state index in [4.69, 9.17) is 9.84 Å². The van der Waals surface area contributed by atoms with Crippen LogP contribution in [0.3, 0.4) is 0 Å². The van der Waals surface area contributed by atoms with Gasteiger partial charge in [0.1, 0.15) is 0 Å². The Balaban J connectivity index is 1.52. The van der Waals surface area contributed by atoms with Crippen LogP contribution < -0.4 is 5.32 Å². The fourth-order valence-electron chi connectivity index (χ4n) is 3.19. The van der Waals surface area contributed by atoms with Crippen LogP contribution in [0.25, 0.3) is 0 Å². The Kier molecular flexibility index (Phi) is 2.89. The van der Waals surface area contributed by atoms with Gasteiger partial charge in [0.05, 0.1) is 24.2 Å². The number of nitrogens with one attached hydrogen (secondary N) is 1. The number of carbonyl (C=O) groups excluding carboxylic acids is 1. The van der Waals surface area contributed by atoms with Crippen LogP contribution in [-0.2, 0) is 9.53 Å². The standard InChI is InChI=1S/C12H18N2O4/c15-11(16)7-3-4-14(6-7)12(17)13-9-5-8-1-2-10(9)18-8/h7-10H,1-6H2,(H,13,17)(H,15,16). The monoisotopic (exact) mass is 254 g/mol. The number of hydrogen-bond donors (Lipinski definition) is 2. The van der Waals surface area contributed by atoms with Gasteiger partial charge in [0, 0.05) is 13.1 Å². The van der Waals surface area contributed by atoms with Crippen LogP contribution >= 0.6 is 0 Å². The lowest BCUT2D eigenvalue weighted by Crippen LogP contribution is -2.47. The van der Waals surface area contributed by atoms with Gasteiger partial charge < -0.3 is 20.1 Å². The van der Waals surface area contributed by atoms with Crippen molar-refractivity contribution >= 4 is 12.0 Å². The molecule has 6 heteroatoms. The molecule has 4 unspecified atom stereocenters. The van der Waals surface area contributed by atoms with E-state index in [9.17, 15) is 9.59 Å². The number of hydrogen-bond acceptors (Lipinski definition) is 3. The summed E-state index contributed by atoms with van der Waals surface area (Å²) in [6.45, 7) is 0.854. The van der Waals surface area contributed by atoms with Gasteiger partial charge in [-0.05, 0) is 25.7 Å². The summed E-state index contributed by atoms with van der Waals surface area (Å²) < 4.78 is 5.68. The maximum atomic E-state index is 12.0. The molecule has 3 fully saturated rings. The topological polar surface area (TPSA) is 78.9 Å². The number of rotatable bonds is 2. The second-order valence-electron chi connectivity index (χ2n) is 5.44. The number of fused-ring (bicyclic) bond motifs is 2. The van der Waals surface area contributed by atoms with Crippen LogP contribution in [0.4, 0.5) is 4.79 Å². The number of nitrogens with zero attached hydrogens (tertiary/aromatic N) is 1. The van der Waals surface area contributed by atoms with Gasteiger partial charge >= 0.3 is 12.0 Å². The van der Waals surface area contributed by atoms with E-state index in [0.717, 1.165) is 19.3 Å². The average Bonchev–Trinajstić information content (AvgIpc) is 3.04. The third kappa shape index (κ3) is 2.05. The van der Waals surface area contributed by atoms with E-state index in [0.29, 0.717) is 25.6 Å². The molecule has 100 valence electrons. The Morgan fingerprint density at radius 1 is 1.28 bits per heavy atom. The first-order valence-corrected chi connectivity index (χ1v) is 6.57. The third-order valence-electron chi connectivity index (χ3n) is 4.24. The lowest BCUT2D eigenvalue weighted by molar-refractivity contribution is -0.141. The Bertz CT molecular complexity index is 373. The number of carbonyl (C=O) groups is 2. The minimum Gasteiger partial charge on any atom is -0.481 e. The predicted molar refractivity (Wildman–Crippen MR) is 62.1 cm³/mol. The van der Waals surface area contributed by atoms with Crippen molar-refractivity contribution in [3.8, 4) is 0 Å². The van der Waals surface area contributed by atoms with Crippen molar-refractivity contribution in [3.05, 3.63) is 0 Å². The van der Waals surface area contributed by atoms with E-state index in [1.807, 2.05) is 0 Å². The molecular formula is C12H18N2O4. The smallest absolute Gasteiger partial charge is 0.317 e. The Hall–Kier alpha value is -1.30. The van der Waals surface area contributed by atoms with Crippen LogP contribution in [0.1, 0.15) is 25.7 Å². The van der Waals surface area contributed by atoms with E-state index in [-0.39, 0.29) is 18.2 Å². The zero-order valence-electron chi connectivity index (χ0n) is 10.2. The van der Waals surface area contributed by atoms with Crippen molar-refractivity contribution in [1.82, 2.24) is 10.2 Å². The van der Waals surface area contributed by atoms with E-state index in [1.54, 1.807) is 4.90 Å². The molecule has 2 bridgehead atoms. The second-order valence-corrected chi connectivity index (χ2v) is 5.44. The second kappa shape index (κ2) is 4.42. The molecule has 3 saturated heterocycles. The van der Waals surface area contributed by atoms with E-state index in [1.165, 1.54) is 0 Å². The summed E-state index contributed by atoms with van der Waals surface area (Å²) in [4.78, 5) is 24.5. The van der Waals surface area contributed by atoms with Gasteiger partial charge in [-0.15, -0.1) is 0 Å². The zero-order valence-corrected chi connectivity index (χ0v) is 10.2. The third-order valence-corrected chi connectivity index (χ3v) is 4.24. The summed E-state index contributed by atoms with van der Waals surface area (Å²) in [7, 11) is 0. The molecule has 3 aliphatic rings. The van der Waals surface area contributed by atoms with Crippen LogP contribution in [0, 0.1) is 5.92 Å². The van der Waals surface area contributed by atoms with Gasteiger partial charge in [-0.2, -0.15) is 0 Å². The maximum Gasteiger partial charge on any atom is 0.317 e. The molecule has 4 atom stereocenters. The molecule has 6 nitrogen and oxygen atoms in total. The summed E-state index contributed by atoms with van der Waals surface area (Å²) in [6.07, 6.45) is 4.04. The van der Waals surface area contributed by atoms with Gasteiger partial charge in [-0.25, -0.2) is 4.79 Å². The predicted octanol–water partition coefficient (Wildman–Crippen LogP) is 0.422. The Labute approximate surface area is 105 Å². The highest BCUT2D eigenvalue weighted by Gasteiger charge is 2.42. The zero-order chi connectivity index (χ0) is 12.7. The Morgan fingerprint density at radius 3 is 2.67 bits per heavy atom. The van der Waals surface area contributed by atoms with Gasteiger partial charge in [-0.3, -0.25) is 4.79 Å². The van der Waals surface area contributed by atoms with E-state index in [2.05, 4.69) is 5.32 Å². The van der Waals surface area contributed by atoms with Crippen molar-refractivity contribution in [2.45, 2.75) is 43.9 Å². The summed E-state index contributed by atoms with van der Waals surface area (Å²) in [5.41, 5.74) is 0. The number of aliphatic carboxylic acids is 1. The molecule has 2 N–H and O–H groups in total. The number of likely N-dealkylation sites (tertiary alicyclic amines) is 1. The van der Waals surface area contributed by atoms with Gasteiger partial charge in [0.25, 0.3) is 0 Å². The molecular weight excluding hydrogens is 236 g/mol. The number of amides is 2. The molecule has 3 aliphatic heterocycles. The molecule has 18 heavy (non-hydrogen) atoms. The van der Waals surface area contributed by atoms with Crippen molar-refractivity contribution in [3.63, 3.8) is 0 Å². The lowest BCUT2D eigenvalue weighted by Gasteiger charge is -2.24. The Morgan fingerprint density at radius 2 is 2.11 bits per heavy atom. The summed E-state index contributed by atoms with van der Waals surface area (Å²) >= 11 is 0. The van der Waals surface area contributed by atoms with Crippen LogP contribution in [0.15, 0.2) is 0 Å². The lowest BCUT2D eigenvalue weighted by atomic mass is 9.96. The molecule has 3 rings (SSSR count). The normalized spacial score (nSPS) is 38.1. The average molecular weight is 254 g/mol. The van der Waals surface area contributed by atoms with Crippen molar-refractivity contribution < 1.29 is 19.4 Å². The molecule has 0 aliphatic carbocycles. The van der Waals surface area contributed by atoms with Crippen LogP contribution in [0.5, 0.6) is 0 Å². The van der Waals surface area contributed by atoms with Gasteiger partial charge in [0.2, 0.25) is 0 Å². The molecule has 3 heterocycles. The van der Waals surface area contributed by atoms with Crippen molar-refractivity contribution in [2.24, 2.45) is 5.92 Å². The highest BCUT2D eigenvalue weighted by molar-refractivity contribution is 5.77. The first-order chi connectivity index (χ1) is 8.63.